The minimum Gasteiger partial charge on any atom is -0.436 e. The molecule has 2 aromatic rings. The van der Waals surface area contributed by atoms with Crippen LogP contribution in [0.25, 0.3) is 0 Å². The fourth-order valence-electron chi connectivity index (χ4n) is 1.02. The van der Waals surface area contributed by atoms with Gasteiger partial charge in [-0.3, -0.25) is 0 Å². The Bertz CT molecular complexity index is 462. The molecular formula is C10H6Cl2N2O. The third-order valence-electron chi connectivity index (χ3n) is 1.68. The van der Waals surface area contributed by atoms with Crippen molar-refractivity contribution in [2.24, 2.45) is 0 Å². The number of hydrogen-bond donors (Lipinski definition) is 0. The van der Waals surface area contributed by atoms with Gasteiger partial charge in [0, 0.05) is 12.3 Å². The Morgan fingerprint density at radius 1 is 1.07 bits per heavy atom. The van der Waals surface area contributed by atoms with Crippen molar-refractivity contribution in [1.29, 1.82) is 0 Å². The number of benzene rings is 1. The monoisotopic (exact) mass is 240 g/mol. The molecule has 0 N–H and O–H groups in total. The Kier molecular flexibility index (Phi) is 3.04. The van der Waals surface area contributed by atoms with Crippen LogP contribution in [0.1, 0.15) is 0 Å². The molecule has 1 aromatic carbocycles. The summed E-state index contributed by atoms with van der Waals surface area (Å²) in [5.41, 5.74) is 0. The van der Waals surface area contributed by atoms with Crippen molar-refractivity contribution in [2.75, 3.05) is 0 Å². The predicted octanol–water partition coefficient (Wildman–Crippen LogP) is 3.58. The summed E-state index contributed by atoms with van der Waals surface area (Å²) in [5, 5.41) is 8.26. The Balaban J connectivity index is 2.29. The zero-order chi connectivity index (χ0) is 10.7. The first kappa shape index (κ1) is 10.2. The summed E-state index contributed by atoms with van der Waals surface area (Å²) in [6, 6.07) is 8.56. The fraction of sp³-hybridized carbons (Fsp3) is 0. The average Bonchev–Trinajstić information content (AvgIpc) is 2.26. The lowest BCUT2D eigenvalue weighted by molar-refractivity contribution is 0.455. The van der Waals surface area contributed by atoms with Gasteiger partial charge in [0.05, 0.1) is 5.02 Å². The fourth-order valence-corrected chi connectivity index (χ4v) is 1.35. The van der Waals surface area contributed by atoms with Crippen molar-refractivity contribution < 1.29 is 4.74 Å². The van der Waals surface area contributed by atoms with Gasteiger partial charge in [-0.1, -0.05) is 29.3 Å². The first-order valence-electron chi connectivity index (χ1n) is 4.17. The van der Waals surface area contributed by atoms with E-state index in [2.05, 4.69) is 10.2 Å². The van der Waals surface area contributed by atoms with Crippen LogP contribution in [0.15, 0.2) is 36.5 Å². The third kappa shape index (κ3) is 2.37. The zero-order valence-corrected chi connectivity index (χ0v) is 9.03. The highest BCUT2D eigenvalue weighted by molar-refractivity contribution is 6.42. The van der Waals surface area contributed by atoms with Crippen LogP contribution in [-0.2, 0) is 0 Å². The summed E-state index contributed by atoms with van der Waals surface area (Å²) >= 11 is 11.8. The Morgan fingerprint density at radius 3 is 2.67 bits per heavy atom. The molecule has 5 heteroatoms. The van der Waals surface area contributed by atoms with Gasteiger partial charge in [-0.05, 0) is 18.2 Å². The van der Waals surface area contributed by atoms with Crippen LogP contribution >= 0.6 is 23.2 Å². The summed E-state index contributed by atoms with van der Waals surface area (Å²) < 4.78 is 5.40. The molecular weight excluding hydrogens is 235 g/mol. The van der Waals surface area contributed by atoms with Crippen LogP contribution in [0, 0.1) is 0 Å². The van der Waals surface area contributed by atoms with Crippen LogP contribution < -0.4 is 4.74 Å². The van der Waals surface area contributed by atoms with Gasteiger partial charge in [-0.25, -0.2) is 0 Å². The van der Waals surface area contributed by atoms with E-state index in [-0.39, 0.29) is 0 Å². The second-order valence-corrected chi connectivity index (χ2v) is 3.50. The van der Waals surface area contributed by atoms with Crippen molar-refractivity contribution in [2.45, 2.75) is 0 Å². The van der Waals surface area contributed by atoms with E-state index in [0.29, 0.717) is 21.7 Å². The minimum atomic E-state index is 0.366. The normalized spacial score (nSPS) is 10.0. The molecule has 0 aliphatic rings. The summed E-state index contributed by atoms with van der Waals surface area (Å²) in [4.78, 5) is 0. The molecule has 15 heavy (non-hydrogen) atoms. The molecule has 1 aromatic heterocycles. The van der Waals surface area contributed by atoms with Gasteiger partial charge in [0.25, 0.3) is 0 Å². The number of aromatic nitrogens is 2. The molecule has 0 spiro atoms. The van der Waals surface area contributed by atoms with E-state index in [4.69, 9.17) is 27.9 Å². The van der Waals surface area contributed by atoms with Crippen LogP contribution in [0.4, 0.5) is 0 Å². The van der Waals surface area contributed by atoms with E-state index in [9.17, 15) is 0 Å². The molecule has 0 fully saturated rings. The van der Waals surface area contributed by atoms with Crippen LogP contribution in [-0.4, -0.2) is 10.2 Å². The SMILES string of the molecule is Clc1cccc(Oc2cccnn2)c1Cl. The van der Waals surface area contributed by atoms with Gasteiger partial charge in [0.1, 0.15) is 10.8 Å². The molecule has 2 rings (SSSR count). The summed E-state index contributed by atoms with van der Waals surface area (Å²) in [7, 11) is 0. The molecule has 0 saturated heterocycles. The molecule has 0 aliphatic heterocycles. The predicted molar refractivity (Wildman–Crippen MR) is 58.6 cm³/mol. The molecule has 3 nitrogen and oxygen atoms in total. The number of nitrogens with zero attached hydrogens (tertiary/aromatic N) is 2. The highest BCUT2D eigenvalue weighted by Gasteiger charge is 2.06. The molecule has 76 valence electrons. The molecule has 0 saturated carbocycles. The quantitative estimate of drug-likeness (QED) is 0.805. The van der Waals surface area contributed by atoms with E-state index in [0.717, 1.165) is 0 Å². The highest BCUT2D eigenvalue weighted by Crippen LogP contribution is 2.33. The third-order valence-corrected chi connectivity index (χ3v) is 2.48. The highest BCUT2D eigenvalue weighted by atomic mass is 35.5. The number of ether oxygens (including phenoxy) is 1. The number of hydrogen-bond acceptors (Lipinski definition) is 3. The van der Waals surface area contributed by atoms with Gasteiger partial charge in [-0.2, -0.15) is 5.10 Å². The van der Waals surface area contributed by atoms with E-state index in [1.807, 2.05) is 0 Å². The molecule has 1 heterocycles. The van der Waals surface area contributed by atoms with Crippen molar-refractivity contribution >= 4 is 23.2 Å². The summed E-state index contributed by atoms with van der Waals surface area (Å²) in [6.45, 7) is 0. The maximum Gasteiger partial charge on any atom is 0.238 e. The van der Waals surface area contributed by atoms with Gasteiger partial charge < -0.3 is 4.74 Å². The molecule has 0 amide bonds. The lowest BCUT2D eigenvalue weighted by Gasteiger charge is -2.06. The molecule has 0 unspecified atom stereocenters. The molecule has 0 bridgehead atoms. The van der Waals surface area contributed by atoms with Crippen molar-refractivity contribution in [1.82, 2.24) is 10.2 Å². The Morgan fingerprint density at radius 2 is 1.93 bits per heavy atom. The summed E-state index contributed by atoms with van der Waals surface area (Å²) in [6.07, 6.45) is 1.56. The maximum atomic E-state index is 5.94. The molecule has 0 atom stereocenters. The van der Waals surface area contributed by atoms with E-state index in [1.54, 1.807) is 36.5 Å². The van der Waals surface area contributed by atoms with Crippen molar-refractivity contribution in [3.8, 4) is 11.6 Å². The van der Waals surface area contributed by atoms with E-state index < -0.39 is 0 Å². The van der Waals surface area contributed by atoms with Gasteiger partial charge in [0.2, 0.25) is 5.88 Å². The van der Waals surface area contributed by atoms with Gasteiger partial charge in [0.15, 0.2) is 0 Å². The smallest absolute Gasteiger partial charge is 0.238 e. The van der Waals surface area contributed by atoms with Gasteiger partial charge >= 0.3 is 0 Å². The van der Waals surface area contributed by atoms with E-state index in [1.165, 1.54) is 0 Å². The maximum absolute atomic E-state index is 5.94. The second kappa shape index (κ2) is 4.47. The number of rotatable bonds is 2. The topological polar surface area (TPSA) is 35.0 Å². The van der Waals surface area contributed by atoms with Crippen LogP contribution in [0.5, 0.6) is 11.6 Å². The minimum absolute atomic E-state index is 0.366. The first-order chi connectivity index (χ1) is 7.27. The lowest BCUT2D eigenvalue weighted by atomic mass is 10.3. The van der Waals surface area contributed by atoms with E-state index >= 15 is 0 Å². The zero-order valence-electron chi connectivity index (χ0n) is 7.52. The lowest BCUT2D eigenvalue weighted by Crippen LogP contribution is -1.89. The van der Waals surface area contributed by atoms with Gasteiger partial charge in [-0.15, -0.1) is 5.10 Å². The number of halogens is 2. The average molecular weight is 241 g/mol. The Labute approximate surface area is 96.6 Å². The van der Waals surface area contributed by atoms with Crippen LogP contribution in [0.2, 0.25) is 10.0 Å². The van der Waals surface area contributed by atoms with Crippen LogP contribution in [0.3, 0.4) is 0 Å². The van der Waals surface area contributed by atoms with Crippen molar-refractivity contribution in [3.05, 3.63) is 46.6 Å². The standard InChI is InChI=1S/C10H6Cl2N2O/c11-7-3-1-4-8(10(7)12)15-9-5-2-6-13-14-9/h1-6H. The Hall–Kier alpha value is -1.32. The molecule has 0 aliphatic carbocycles. The second-order valence-electron chi connectivity index (χ2n) is 2.72. The van der Waals surface area contributed by atoms with Crippen molar-refractivity contribution in [3.63, 3.8) is 0 Å². The largest absolute Gasteiger partial charge is 0.436 e. The summed E-state index contributed by atoms with van der Waals surface area (Å²) in [5.74, 6) is 0.839. The molecule has 0 radical (unpaired) electrons. The first-order valence-corrected chi connectivity index (χ1v) is 4.92.